The van der Waals surface area contributed by atoms with E-state index in [-0.39, 0.29) is 32.0 Å². The summed E-state index contributed by atoms with van der Waals surface area (Å²) < 4.78 is 9.76. The molecule has 9 heteroatoms. The van der Waals surface area contributed by atoms with Crippen molar-refractivity contribution in [2.24, 2.45) is 11.7 Å². The van der Waals surface area contributed by atoms with Crippen LogP contribution in [0.5, 0.6) is 0 Å². The highest BCUT2D eigenvalue weighted by Gasteiger charge is 2.24. The number of nitrogens with one attached hydrogen (secondary N) is 2. The van der Waals surface area contributed by atoms with E-state index in [0.29, 0.717) is 6.42 Å². The zero-order chi connectivity index (χ0) is 20.8. The molecule has 0 saturated carbocycles. The van der Waals surface area contributed by atoms with Crippen LogP contribution in [0.25, 0.3) is 0 Å². The first-order valence-electron chi connectivity index (χ1n) is 9.06. The monoisotopic (exact) mass is 385 g/mol. The summed E-state index contributed by atoms with van der Waals surface area (Å²) in [5, 5.41) is 5.18. The Labute approximate surface area is 160 Å². The molecule has 0 fully saturated rings. The molecule has 1 unspecified atom stereocenters. The maximum absolute atomic E-state index is 12.3. The Kier molecular flexibility index (Phi) is 12.3. The molecule has 4 N–H and O–H groups in total. The highest BCUT2D eigenvalue weighted by molar-refractivity contribution is 5.84. The van der Waals surface area contributed by atoms with Gasteiger partial charge < -0.3 is 25.8 Å². The molecule has 0 aromatic carbocycles. The first-order valence-corrected chi connectivity index (χ1v) is 9.06. The van der Waals surface area contributed by atoms with Crippen LogP contribution in [-0.4, -0.2) is 49.2 Å². The van der Waals surface area contributed by atoms with Gasteiger partial charge >= 0.3 is 18.0 Å². The Hall–Kier alpha value is -2.58. The lowest BCUT2D eigenvalue weighted by molar-refractivity contribution is -0.145. The molecule has 0 bridgehead atoms. The second-order valence-corrected chi connectivity index (χ2v) is 6.27. The van der Waals surface area contributed by atoms with Crippen LogP contribution in [0, 0.1) is 5.92 Å². The van der Waals surface area contributed by atoms with Crippen LogP contribution in [0.15, 0.2) is 12.2 Å². The summed E-state index contributed by atoms with van der Waals surface area (Å²) in [6.45, 7) is 7.63. The molecule has 0 heterocycles. The van der Waals surface area contributed by atoms with E-state index in [4.69, 9.17) is 15.2 Å². The van der Waals surface area contributed by atoms with E-state index < -0.39 is 36.0 Å². The van der Waals surface area contributed by atoms with Crippen molar-refractivity contribution in [2.75, 3.05) is 13.2 Å². The van der Waals surface area contributed by atoms with Gasteiger partial charge in [-0.05, 0) is 32.6 Å². The number of primary amides is 1. The van der Waals surface area contributed by atoms with Crippen LogP contribution in [0.4, 0.5) is 4.79 Å². The largest absolute Gasteiger partial charge is 0.464 e. The van der Waals surface area contributed by atoms with Crippen molar-refractivity contribution in [3.63, 3.8) is 0 Å². The van der Waals surface area contributed by atoms with E-state index in [1.54, 1.807) is 13.8 Å². The number of nitrogens with two attached hydrogens (primary N) is 1. The van der Waals surface area contributed by atoms with Crippen LogP contribution >= 0.6 is 0 Å². The Balaban J connectivity index is 4.97. The fraction of sp³-hybridized carbons (Fsp3) is 0.667. The number of carbonyl (C=O) groups excluding carboxylic acids is 4. The van der Waals surface area contributed by atoms with Crippen molar-refractivity contribution in [2.45, 2.75) is 59.0 Å². The predicted molar refractivity (Wildman–Crippen MR) is 99.5 cm³/mol. The topological polar surface area (TPSA) is 137 Å². The number of ether oxygens (including phenoxy) is 2. The minimum atomic E-state index is -0.796. The normalized spacial score (nSPS) is 13.1. The molecule has 0 aliphatic heterocycles. The lowest BCUT2D eigenvalue weighted by Gasteiger charge is -2.21. The van der Waals surface area contributed by atoms with E-state index in [1.807, 2.05) is 13.8 Å². The smallest absolute Gasteiger partial charge is 0.330 e. The Bertz CT molecular complexity index is 533. The van der Waals surface area contributed by atoms with E-state index >= 15 is 0 Å². The molecule has 0 rings (SSSR count). The van der Waals surface area contributed by atoms with Gasteiger partial charge in [-0.25, -0.2) is 14.4 Å². The van der Waals surface area contributed by atoms with Gasteiger partial charge in [-0.3, -0.25) is 4.79 Å². The molecule has 0 aliphatic rings. The van der Waals surface area contributed by atoms with Gasteiger partial charge in [0.2, 0.25) is 5.91 Å². The molecular formula is C18H31N3O6. The number of urea groups is 1. The van der Waals surface area contributed by atoms with E-state index in [0.717, 1.165) is 0 Å². The molecule has 0 spiro atoms. The summed E-state index contributed by atoms with van der Waals surface area (Å²) in [6.07, 6.45) is 3.23. The summed E-state index contributed by atoms with van der Waals surface area (Å²) in [7, 11) is 0. The second kappa shape index (κ2) is 13.6. The number of carbonyl (C=O) groups is 4. The minimum absolute atomic E-state index is 0.0193. The molecule has 0 aromatic heterocycles. The Morgan fingerprint density at radius 3 is 2.19 bits per heavy atom. The SMILES string of the molecule is CCOC(=O)C=C[C@H](CCC(N)=O)NC(=O)NC(CC(C)C)C(=O)OCC. The van der Waals surface area contributed by atoms with Crippen molar-refractivity contribution in [3.05, 3.63) is 12.2 Å². The number of esters is 2. The number of amides is 3. The average molecular weight is 385 g/mol. The van der Waals surface area contributed by atoms with Crippen molar-refractivity contribution < 1.29 is 28.7 Å². The van der Waals surface area contributed by atoms with Crippen molar-refractivity contribution in [3.8, 4) is 0 Å². The third-order valence-corrected chi connectivity index (χ3v) is 3.35. The average Bonchev–Trinajstić information content (AvgIpc) is 2.56. The number of hydrogen-bond donors (Lipinski definition) is 3. The summed E-state index contributed by atoms with van der Waals surface area (Å²) >= 11 is 0. The maximum atomic E-state index is 12.3. The quantitative estimate of drug-likeness (QED) is 0.339. The van der Waals surface area contributed by atoms with Gasteiger partial charge in [0.15, 0.2) is 0 Å². The van der Waals surface area contributed by atoms with Crippen molar-refractivity contribution in [1.82, 2.24) is 10.6 Å². The van der Waals surface area contributed by atoms with Gasteiger partial charge in [0.25, 0.3) is 0 Å². The van der Waals surface area contributed by atoms with Gasteiger partial charge in [0, 0.05) is 18.5 Å². The molecule has 0 aliphatic carbocycles. The molecule has 0 saturated heterocycles. The third kappa shape index (κ3) is 12.4. The molecule has 0 radical (unpaired) electrons. The highest BCUT2D eigenvalue weighted by atomic mass is 16.5. The highest BCUT2D eigenvalue weighted by Crippen LogP contribution is 2.07. The number of hydrogen-bond acceptors (Lipinski definition) is 6. The molecule has 154 valence electrons. The first kappa shape index (κ1) is 24.4. The zero-order valence-corrected chi connectivity index (χ0v) is 16.4. The first-order chi connectivity index (χ1) is 12.7. The summed E-state index contributed by atoms with van der Waals surface area (Å²) in [4.78, 5) is 46.7. The molecule has 9 nitrogen and oxygen atoms in total. The van der Waals surface area contributed by atoms with Crippen LogP contribution < -0.4 is 16.4 Å². The van der Waals surface area contributed by atoms with Crippen LogP contribution in [0.1, 0.15) is 47.0 Å². The standard InChI is InChI=1S/C18H31N3O6/c1-5-26-16(23)10-8-13(7-9-15(19)22)20-18(25)21-14(11-12(3)4)17(24)27-6-2/h8,10,12-14H,5-7,9,11H2,1-4H3,(H2,19,22)(H2,20,21,25)/t13-,14?/m0/s1. The van der Waals surface area contributed by atoms with Crippen molar-refractivity contribution in [1.29, 1.82) is 0 Å². The van der Waals surface area contributed by atoms with E-state index in [2.05, 4.69) is 10.6 Å². The van der Waals surface area contributed by atoms with Gasteiger partial charge in [-0.15, -0.1) is 0 Å². The van der Waals surface area contributed by atoms with Gasteiger partial charge in [0.05, 0.1) is 13.2 Å². The predicted octanol–water partition coefficient (Wildman–Crippen LogP) is 1.02. The van der Waals surface area contributed by atoms with Crippen LogP contribution in [0.2, 0.25) is 0 Å². The lowest BCUT2D eigenvalue weighted by Crippen LogP contribution is -2.49. The lowest BCUT2D eigenvalue weighted by atomic mass is 10.0. The summed E-state index contributed by atoms with van der Waals surface area (Å²) in [5.74, 6) is -1.45. The molecule has 2 atom stereocenters. The van der Waals surface area contributed by atoms with E-state index in [9.17, 15) is 19.2 Å². The Morgan fingerprint density at radius 2 is 1.67 bits per heavy atom. The molecule has 0 aromatic rings. The molecule has 3 amide bonds. The van der Waals surface area contributed by atoms with Gasteiger partial charge in [-0.1, -0.05) is 19.9 Å². The number of rotatable bonds is 12. The van der Waals surface area contributed by atoms with Crippen LogP contribution in [0.3, 0.4) is 0 Å². The Morgan fingerprint density at radius 1 is 1.04 bits per heavy atom. The zero-order valence-electron chi connectivity index (χ0n) is 16.4. The fourth-order valence-electron chi connectivity index (χ4n) is 2.20. The molecular weight excluding hydrogens is 354 g/mol. The summed E-state index contributed by atoms with van der Waals surface area (Å²) in [5.41, 5.74) is 5.14. The third-order valence-electron chi connectivity index (χ3n) is 3.35. The molecule has 27 heavy (non-hydrogen) atoms. The van der Waals surface area contributed by atoms with Gasteiger partial charge in [-0.2, -0.15) is 0 Å². The van der Waals surface area contributed by atoms with E-state index in [1.165, 1.54) is 12.2 Å². The fourth-order valence-corrected chi connectivity index (χ4v) is 2.20. The minimum Gasteiger partial charge on any atom is -0.464 e. The maximum Gasteiger partial charge on any atom is 0.330 e. The van der Waals surface area contributed by atoms with Gasteiger partial charge in [0.1, 0.15) is 6.04 Å². The van der Waals surface area contributed by atoms with Crippen molar-refractivity contribution >= 4 is 23.9 Å². The second-order valence-electron chi connectivity index (χ2n) is 6.27. The van der Waals surface area contributed by atoms with Crippen LogP contribution in [-0.2, 0) is 23.9 Å². The summed E-state index contributed by atoms with van der Waals surface area (Å²) in [6, 6.07) is -2.05.